The van der Waals surface area contributed by atoms with Gasteiger partial charge in [0, 0.05) is 6.92 Å². The van der Waals surface area contributed by atoms with Crippen LogP contribution in [0.1, 0.15) is 26.2 Å². The van der Waals surface area contributed by atoms with E-state index in [9.17, 15) is 28.8 Å². The number of nitriles is 1. The molecule has 0 fully saturated rings. The smallest absolute Gasteiger partial charge is 0.240 e. The number of nitrogens with one attached hydrogen (secondary N) is 3. The number of rotatable bonds is 5. The van der Waals surface area contributed by atoms with Crippen LogP contribution in [0, 0.1) is 11.3 Å². The monoisotopic (exact) mass is 296 g/mol. The summed E-state index contributed by atoms with van der Waals surface area (Å²) in [7, 11) is 0. The first-order valence-electron chi connectivity index (χ1n) is 5.57. The summed E-state index contributed by atoms with van der Waals surface area (Å²) < 4.78 is 0. The second-order valence-corrected chi connectivity index (χ2v) is 3.74. The van der Waals surface area contributed by atoms with Crippen molar-refractivity contribution in [1.82, 2.24) is 16.0 Å². The molecule has 0 aliphatic carbocycles. The maximum atomic E-state index is 11.2. The molecule has 10 heteroatoms. The fourth-order valence-corrected chi connectivity index (χ4v) is 1.09. The average Bonchev–Trinajstić information content (AvgIpc) is 2.25. The maximum Gasteiger partial charge on any atom is 0.240 e. The lowest BCUT2D eigenvalue weighted by Crippen LogP contribution is -2.39. The van der Waals surface area contributed by atoms with Gasteiger partial charge in [-0.15, -0.1) is 0 Å². The molecule has 6 amide bonds. The predicted octanol–water partition coefficient (Wildman–Crippen LogP) is -2.37. The van der Waals surface area contributed by atoms with Crippen molar-refractivity contribution in [1.29, 1.82) is 5.26 Å². The Hall–Kier alpha value is -3.09. The quantitative estimate of drug-likeness (QED) is 0.477. The zero-order valence-electron chi connectivity index (χ0n) is 11.0. The van der Waals surface area contributed by atoms with E-state index in [0.717, 1.165) is 6.92 Å². The van der Waals surface area contributed by atoms with Crippen LogP contribution in [0.2, 0.25) is 0 Å². The standard InChI is InChI=1S/C11H12N4O6/c1-6(16)13-8(18)4-10(20)15-11(21)5-9(19)14-7(17)2-3-12/h2,4-5H2,1H3,(H,13,16,18)(H,14,17,19)(H,15,20,21). The highest BCUT2D eigenvalue weighted by atomic mass is 16.2. The highest BCUT2D eigenvalue weighted by molar-refractivity contribution is 6.11. The summed E-state index contributed by atoms with van der Waals surface area (Å²) in [5, 5.41) is 13.5. The van der Waals surface area contributed by atoms with Crippen molar-refractivity contribution >= 4 is 35.4 Å². The normalized spacial score (nSPS) is 8.95. The molecule has 0 aliphatic rings. The number of carbonyl (C=O) groups excluding carboxylic acids is 6. The molecule has 0 spiro atoms. The van der Waals surface area contributed by atoms with E-state index in [4.69, 9.17) is 5.26 Å². The molecule has 0 aromatic heterocycles. The van der Waals surface area contributed by atoms with Crippen molar-refractivity contribution < 1.29 is 28.8 Å². The molecule has 3 N–H and O–H groups in total. The minimum Gasteiger partial charge on any atom is -0.296 e. The molecule has 0 aromatic rings. The first kappa shape index (κ1) is 17.9. The number of amides is 6. The van der Waals surface area contributed by atoms with Crippen LogP contribution < -0.4 is 16.0 Å². The first-order chi connectivity index (χ1) is 9.74. The van der Waals surface area contributed by atoms with E-state index in [1.807, 2.05) is 5.32 Å². The lowest BCUT2D eigenvalue weighted by molar-refractivity contribution is -0.135. The van der Waals surface area contributed by atoms with Crippen molar-refractivity contribution in [3.8, 4) is 6.07 Å². The highest BCUT2D eigenvalue weighted by Crippen LogP contribution is 1.86. The molecular weight excluding hydrogens is 284 g/mol. The van der Waals surface area contributed by atoms with E-state index < -0.39 is 54.7 Å². The van der Waals surface area contributed by atoms with Gasteiger partial charge >= 0.3 is 0 Å². The Balaban J connectivity index is 4.14. The number of nitrogens with zero attached hydrogens (tertiary/aromatic N) is 1. The van der Waals surface area contributed by atoms with Crippen LogP contribution in [-0.2, 0) is 28.8 Å². The molecule has 0 aliphatic heterocycles. The molecule has 0 bridgehead atoms. The fraction of sp³-hybridized carbons (Fsp3) is 0.364. The summed E-state index contributed by atoms with van der Waals surface area (Å²) in [5.41, 5.74) is 0. The van der Waals surface area contributed by atoms with Crippen molar-refractivity contribution in [2.75, 3.05) is 0 Å². The third-order valence-corrected chi connectivity index (χ3v) is 1.75. The number of carbonyl (C=O) groups is 6. The fourth-order valence-electron chi connectivity index (χ4n) is 1.09. The minimum absolute atomic E-state index is 0.544. The molecule has 0 atom stereocenters. The summed E-state index contributed by atoms with van der Waals surface area (Å²) in [6.07, 6.45) is -2.13. The summed E-state index contributed by atoms with van der Waals surface area (Å²) in [6.45, 7) is 1.07. The Morgan fingerprint density at radius 3 is 1.52 bits per heavy atom. The van der Waals surface area contributed by atoms with E-state index in [0.29, 0.717) is 0 Å². The van der Waals surface area contributed by atoms with Gasteiger partial charge in [0.15, 0.2) is 0 Å². The van der Waals surface area contributed by atoms with E-state index in [1.54, 1.807) is 10.6 Å². The zero-order chi connectivity index (χ0) is 16.4. The van der Waals surface area contributed by atoms with Gasteiger partial charge in [-0.1, -0.05) is 0 Å². The lowest BCUT2D eigenvalue weighted by Gasteiger charge is -2.04. The molecule has 0 saturated carbocycles. The molecule has 0 radical (unpaired) electrons. The molecule has 0 heterocycles. The van der Waals surface area contributed by atoms with Gasteiger partial charge in [0.1, 0.15) is 19.3 Å². The van der Waals surface area contributed by atoms with E-state index in [1.165, 1.54) is 6.07 Å². The molecule has 0 unspecified atom stereocenters. The molecular formula is C11H12N4O6. The molecule has 21 heavy (non-hydrogen) atoms. The van der Waals surface area contributed by atoms with Crippen LogP contribution in [0.3, 0.4) is 0 Å². The molecule has 112 valence electrons. The van der Waals surface area contributed by atoms with Crippen molar-refractivity contribution in [3.05, 3.63) is 0 Å². The SMILES string of the molecule is CC(=O)NC(=O)CC(=O)NC(=O)CC(=O)NC(=O)CC#N. The third-order valence-electron chi connectivity index (χ3n) is 1.75. The second-order valence-electron chi connectivity index (χ2n) is 3.74. The Morgan fingerprint density at radius 2 is 1.14 bits per heavy atom. The van der Waals surface area contributed by atoms with Crippen LogP contribution in [0.15, 0.2) is 0 Å². The van der Waals surface area contributed by atoms with Gasteiger partial charge in [-0.05, 0) is 0 Å². The lowest BCUT2D eigenvalue weighted by atomic mass is 10.3. The maximum absolute atomic E-state index is 11.2. The van der Waals surface area contributed by atoms with Crippen LogP contribution in [0.4, 0.5) is 0 Å². The Morgan fingerprint density at radius 1 is 0.762 bits per heavy atom. The van der Waals surface area contributed by atoms with Crippen LogP contribution >= 0.6 is 0 Å². The van der Waals surface area contributed by atoms with E-state index in [-0.39, 0.29) is 0 Å². The van der Waals surface area contributed by atoms with Gasteiger partial charge in [-0.3, -0.25) is 44.7 Å². The van der Waals surface area contributed by atoms with Gasteiger partial charge < -0.3 is 0 Å². The van der Waals surface area contributed by atoms with Crippen LogP contribution in [-0.4, -0.2) is 35.4 Å². The molecule has 10 nitrogen and oxygen atoms in total. The van der Waals surface area contributed by atoms with E-state index in [2.05, 4.69) is 0 Å². The molecule has 0 rings (SSSR count). The van der Waals surface area contributed by atoms with Gasteiger partial charge in [0.25, 0.3) is 0 Å². The predicted molar refractivity (Wildman–Crippen MR) is 64.6 cm³/mol. The van der Waals surface area contributed by atoms with Gasteiger partial charge in [-0.2, -0.15) is 5.26 Å². The van der Waals surface area contributed by atoms with E-state index >= 15 is 0 Å². The highest BCUT2D eigenvalue weighted by Gasteiger charge is 2.17. The van der Waals surface area contributed by atoms with Gasteiger partial charge in [0.05, 0.1) is 6.07 Å². The number of imide groups is 3. The Labute approximate surface area is 118 Å². The number of hydrogen-bond donors (Lipinski definition) is 3. The van der Waals surface area contributed by atoms with Crippen LogP contribution in [0.25, 0.3) is 0 Å². The largest absolute Gasteiger partial charge is 0.296 e. The van der Waals surface area contributed by atoms with Crippen LogP contribution in [0.5, 0.6) is 0 Å². The number of hydrogen-bond acceptors (Lipinski definition) is 7. The van der Waals surface area contributed by atoms with Crippen molar-refractivity contribution in [2.45, 2.75) is 26.2 Å². The summed E-state index contributed by atoms with van der Waals surface area (Å²) in [5.74, 6) is -5.46. The average molecular weight is 296 g/mol. The van der Waals surface area contributed by atoms with Gasteiger partial charge in [-0.25, -0.2) is 0 Å². The zero-order valence-corrected chi connectivity index (χ0v) is 11.0. The van der Waals surface area contributed by atoms with Crippen molar-refractivity contribution in [3.63, 3.8) is 0 Å². The Bertz CT molecular complexity index is 533. The topological polar surface area (TPSA) is 162 Å². The summed E-state index contributed by atoms with van der Waals surface area (Å²) in [6, 6.07) is 1.50. The third kappa shape index (κ3) is 9.48. The molecule has 0 saturated heterocycles. The van der Waals surface area contributed by atoms with Gasteiger partial charge in [0.2, 0.25) is 35.4 Å². The summed E-state index contributed by atoms with van der Waals surface area (Å²) >= 11 is 0. The minimum atomic E-state index is -1.03. The first-order valence-corrected chi connectivity index (χ1v) is 5.57. The summed E-state index contributed by atoms with van der Waals surface area (Å²) in [4.78, 5) is 66.0. The second kappa shape index (κ2) is 8.92. The molecule has 0 aromatic carbocycles. The Kier molecular flexibility index (Phi) is 7.60. The van der Waals surface area contributed by atoms with Crippen molar-refractivity contribution in [2.24, 2.45) is 0 Å².